The Hall–Kier alpha value is -3.48. The monoisotopic (exact) mass is 367 g/mol. The molecule has 27 heavy (non-hydrogen) atoms. The van der Waals surface area contributed by atoms with E-state index in [-0.39, 0.29) is 17.9 Å². The number of aromatic nitrogens is 2. The van der Waals surface area contributed by atoms with Crippen LogP contribution in [0.5, 0.6) is 0 Å². The molecular weight excluding hydrogens is 352 g/mol. The van der Waals surface area contributed by atoms with Gasteiger partial charge in [0.05, 0.1) is 18.5 Å². The average molecular weight is 367 g/mol. The first kappa shape index (κ1) is 17.0. The quantitative estimate of drug-likeness (QED) is 0.538. The minimum absolute atomic E-state index is 0.0126. The number of amides is 1. The summed E-state index contributed by atoms with van der Waals surface area (Å²) in [6, 6.07) is 10.2. The fraction of sp³-hybridized carbons (Fsp3) is 0.100. The molecule has 0 radical (unpaired) electrons. The van der Waals surface area contributed by atoms with Gasteiger partial charge in [-0.25, -0.2) is 13.8 Å². The lowest BCUT2D eigenvalue weighted by Crippen LogP contribution is -2.31. The van der Waals surface area contributed by atoms with Crippen molar-refractivity contribution in [3.63, 3.8) is 0 Å². The highest BCUT2D eigenvalue weighted by molar-refractivity contribution is 6.05. The number of pyridine rings is 1. The lowest BCUT2D eigenvalue weighted by Gasteiger charge is -2.21. The highest BCUT2D eigenvalue weighted by Gasteiger charge is 2.24. The lowest BCUT2D eigenvalue weighted by atomic mass is 10.2. The first-order valence-corrected chi connectivity index (χ1v) is 8.26. The molecule has 0 aliphatic heterocycles. The van der Waals surface area contributed by atoms with Gasteiger partial charge in [0, 0.05) is 18.5 Å². The molecule has 0 aliphatic rings. The zero-order valence-corrected chi connectivity index (χ0v) is 14.4. The van der Waals surface area contributed by atoms with E-state index in [0.717, 1.165) is 17.7 Å². The second kappa shape index (κ2) is 6.68. The number of benzene rings is 1. The van der Waals surface area contributed by atoms with Gasteiger partial charge in [-0.05, 0) is 48.9 Å². The number of hydrogen-bond acceptors (Lipinski definition) is 3. The lowest BCUT2D eigenvalue weighted by molar-refractivity contribution is 0.0978. The zero-order chi connectivity index (χ0) is 19.0. The van der Waals surface area contributed by atoms with E-state index < -0.39 is 17.5 Å². The zero-order valence-electron chi connectivity index (χ0n) is 14.4. The van der Waals surface area contributed by atoms with Crippen LogP contribution in [0.15, 0.2) is 65.5 Å². The van der Waals surface area contributed by atoms with Gasteiger partial charge in [-0.15, -0.1) is 0 Å². The number of nitrogens with zero attached hydrogens (tertiary/aromatic N) is 3. The number of furan rings is 1. The van der Waals surface area contributed by atoms with Crippen molar-refractivity contribution < 1.29 is 18.0 Å². The normalized spacial score (nSPS) is 11.1. The summed E-state index contributed by atoms with van der Waals surface area (Å²) < 4.78 is 34.7. The molecule has 0 bridgehead atoms. The summed E-state index contributed by atoms with van der Waals surface area (Å²) in [5, 5.41) is 0. The molecule has 0 unspecified atom stereocenters. The topological polar surface area (TPSA) is 50.8 Å². The Labute approximate surface area is 153 Å². The molecule has 5 nitrogen and oxygen atoms in total. The van der Waals surface area contributed by atoms with E-state index in [1.807, 2.05) is 19.1 Å². The van der Waals surface area contributed by atoms with Crippen molar-refractivity contribution in [2.75, 3.05) is 4.90 Å². The summed E-state index contributed by atoms with van der Waals surface area (Å²) in [6.45, 7) is 1.91. The predicted octanol–water partition coefficient (Wildman–Crippen LogP) is 4.36. The second-order valence-electron chi connectivity index (χ2n) is 6.16. The smallest absolute Gasteiger partial charge is 0.279 e. The first-order valence-electron chi connectivity index (χ1n) is 8.26. The molecule has 1 amide bonds. The van der Waals surface area contributed by atoms with Crippen LogP contribution < -0.4 is 4.90 Å². The van der Waals surface area contributed by atoms with Crippen molar-refractivity contribution in [1.29, 1.82) is 0 Å². The summed E-state index contributed by atoms with van der Waals surface area (Å²) >= 11 is 0. The number of carbonyl (C=O) groups is 1. The van der Waals surface area contributed by atoms with E-state index >= 15 is 0 Å². The largest absolute Gasteiger partial charge is 0.467 e. The van der Waals surface area contributed by atoms with Gasteiger partial charge in [0.25, 0.3) is 5.91 Å². The minimum atomic E-state index is -0.838. The molecule has 4 rings (SSSR count). The third-order valence-corrected chi connectivity index (χ3v) is 4.17. The SMILES string of the molecule is Cc1ccn2cc(C(=O)N(Cc3ccco3)c3ccc(F)cc3F)nc2c1. The Balaban J connectivity index is 1.77. The summed E-state index contributed by atoms with van der Waals surface area (Å²) in [7, 11) is 0. The van der Waals surface area contributed by atoms with Gasteiger partial charge in [0.15, 0.2) is 0 Å². The van der Waals surface area contributed by atoms with Crippen molar-refractivity contribution in [1.82, 2.24) is 9.38 Å². The molecule has 7 heteroatoms. The predicted molar refractivity (Wildman–Crippen MR) is 95.5 cm³/mol. The molecule has 0 N–H and O–H groups in total. The third-order valence-electron chi connectivity index (χ3n) is 4.17. The number of fused-ring (bicyclic) bond motifs is 1. The van der Waals surface area contributed by atoms with Gasteiger partial charge in [0.2, 0.25) is 0 Å². The Kier molecular flexibility index (Phi) is 4.19. The van der Waals surface area contributed by atoms with E-state index in [9.17, 15) is 13.6 Å². The number of anilines is 1. The van der Waals surface area contributed by atoms with Crippen molar-refractivity contribution >= 4 is 17.2 Å². The van der Waals surface area contributed by atoms with Gasteiger partial charge >= 0.3 is 0 Å². The Morgan fingerprint density at radius 2 is 2.07 bits per heavy atom. The molecule has 136 valence electrons. The molecular formula is C20H15F2N3O2. The molecule has 0 aliphatic carbocycles. The number of halogens is 2. The Morgan fingerprint density at radius 1 is 1.22 bits per heavy atom. The van der Waals surface area contributed by atoms with Crippen molar-refractivity contribution in [3.05, 3.63) is 89.8 Å². The fourth-order valence-corrected chi connectivity index (χ4v) is 2.85. The number of aryl methyl sites for hydroxylation is 1. The van der Waals surface area contributed by atoms with Gasteiger partial charge in [-0.1, -0.05) is 0 Å². The standard InChI is InChI=1S/C20H15F2N3O2/c1-13-6-7-24-12-17(23-19(24)9-13)20(26)25(11-15-3-2-8-27-15)18-5-4-14(21)10-16(18)22/h2-10,12H,11H2,1H3. The maximum Gasteiger partial charge on any atom is 0.279 e. The Morgan fingerprint density at radius 3 is 2.81 bits per heavy atom. The van der Waals surface area contributed by atoms with Crippen LogP contribution in [0.4, 0.5) is 14.5 Å². The molecule has 1 aromatic carbocycles. The molecule has 0 atom stereocenters. The molecule has 0 fully saturated rings. The van der Waals surface area contributed by atoms with Crippen LogP contribution in [0.1, 0.15) is 21.8 Å². The van der Waals surface area contributed by atoms with Crippen LogP contribution in [-0.2, 0) is 6.54 Å². The molecule has 0 spiro atoms. The maximum atomic E-state index is 14.4. The molecule has 3 aromatic heterocycles. The van der Waals surface area contributed by atoms with E-state index in [4.69, 9.17) is 4.42 Å². The van der Waals surface area contributed by atoms with Crippen molar-refractivity contribution in [2.45, 2.75) is 13.5 Å². The number of hydrogen-bond donors (Lipinski definition) is 0. The van der Waals surface area contributed by atoms with Crippen LogP contribution in [0, 0.1) is 18.6 Å². The van der Waals surface area contributed by atoms with Crippen LogP contribution in [0.3, 0.4) is 0 Å². The van der Waals surface area contributed by atoms with Gasteiger partial charge in [-0.2, -0.15) is 0 Å². The molecule has 0 saturated carbocycles. The van der Waals surface area contributed by atoms with Crippen LogP contribution in [0.25, 0.3) is 5.65 Å². The second-order valence-corrected chi connectivity index (χ2v) is 6.16. The third kappa shape index (κ3) is 3.31. The number of carbonyl (C=O) groups excluding carboxylic acids is 1. The number of rotatable bonds is 4. The van der Waals surface area contributed by atoms with E-state index in [0.29, 0.717) is 11.4 Å². The summed E-state index contributed by atoms with van der Waals surface area (Å²) in [5.74, 6) is -1.61. The van der Waals surface area contributed by atoms with E-state index in [2.05, 4.69) is 4.98 Å². The average Bonchev–Trinajstić information content (AvgIpc) is 3.28. The van der Waals surface area contributed by atoms with Gasteiger partial charge in [0.1, 0.15) is 28.7 Å². The fourth-order valence-electron chi connectivity index (χ4n) is 2.85. The van der Waals surface area contributed by atoms with Crippen molar-refractivity contribution in [2.24, 2.45) is 0 Å². The molecule has 4 aromatic rings. The van der Waals surface area contributed by atoms with Crippen molar-refractivity contribution in [3.8, 4) is 0 Å². The first-order chi connectivity index (χ1) is 13.0. The van der Waals surface area contributed by atoms with E-state index in [1.165, 1.54) is 17.2 Å². The van der Waals surface area contributed by atoms with Crippen LogP contribution in [0.2, 0.25) is 0 Å². The summed E-state index contributed by atoms with van der Waals surface area (Å²) in [5.41, 5.74) is 1.71. The van der Waals surface area contributed by atoms with Gasteiger partial charge < -0.3 is 8.82 Å². The highest BCUT2D eigenvalue weighted by Crippen LogP contribution is 2.24. The maximum absolute atomic E-state index is 14.4. The molecule has 3 heterocycles. The van der Waals surface area contributed by atoms with Crippen LogP contribution >= 0.6 is 0 Å². The van der Waals surface area contributed by atoms with E-state index in [1.54, 1.807) is 28.9 Å². The summed E-state index contributed by atoms with van der Waals surface area (Å²) in [6.07, 6.45) is 4.84. The molecule has 0 saturated heterocycles. The summed E-state index contributed by atoms with van der Waals surface area (Å²) in [4.78, 5) is 18.6. The van der Waals surface area contributed by atoms with Gasteiger partial charge in [-0.3, -0.25) is 9.69 Å². The number of imidazole rings is 1. The van der Waals surface area contributed by atoms with Crippen LogP contribution in [-0.4, -0.2) is 15.3 Å². The minimum Gasteiger partial charge on any atom is -0.467 e. The Bertz CT molecular complexity index is 1120. The highest BCUT2D eigenvalue weighted by atomic mass is 19.1.